The predicted octanol–water partition coefficient (Wildman–Crippen LogP) is 1.80. The minimum Gasteiger partial charge on any atom is -0.303 e. The van der Waals surface area contributed by atoms with E-state index in [1.807, 2.05) is 0 Å². The molecule has 4 nitrogen and oxygen atoms in total. The molecule has 0 rings (SSSR count). The quantitative estimate of drug-likeness (QED) is 0.605. The van der Waals surface area contributed by atoms with E-state index in [0.717, 1.165) is 0 Å². The molecule has 0 amide bonds. The smallest absolute Gasteiger partial charge is 0.303 e. The Kier molecular flexibility index (Phi) is 4.57. The average Bonchev–Trinajstić information content (AvgIpc) is 1.88. The summed E-state index contributed by atoms with van der Waals surface area (Å²) in [6.45, 7) is 4.96. The molecule has 0 aromatic heterocycles. The number of carbonyl (C=O) groups excluding carboxylic acids is 1. The van der Waals surface area contributed by atoms with Gasteiger partial charge in [0, 0.05) is 6.92 Å². The molecule has 0 unspecified atom stereocenters. The Morgan fingerprint density at radius 1 is 1.27 bits per heavy atom. The van der Waals surface area contributed by atoms with Crippen molar-refractivity contribution in [2.45, 2.75) is 20.8 Å². The molecule has 0 heterocycles. The van der Waals surface area contributed by atoms with E-state index < -0.39 is 13.1 Å². The summed E-state index contributed by atoms with van der Waals surface area (Å²) in [4.78, 5) is 10.7. The van der Waals surface area contributed by atoms with Crippen LogP contribution in [0.3, 0.4) is 0 Å². The third kappa shape index (κ3) is 3.14. The lowest BCUT2D eigenvalue weighted by Gasteiger charge is -2.12. The van der Waals surface area contributed by atoms with Gasteiger partial charge in [0.2, 0.25) is 5.52 Å². The topological polar surface area (TPSA) is 52.6 Å². The van der Waals surface area contributed by atoms with E-state index in [9.17, 15) is 9.36 Å². The number of hydrogen-bond acceptors (Lipinski definition) is 4. The molecular formula is C6H13O4P. The lowest BCUT2D eigenvalue weighted by molar-refractivity contribution is -0.112. The van der Waals surface area contributed by atoms with Crippen LogP contribution < -0.4 is 0 Å². The zero-order valence-corrected chi connectivity index (χ0v) is 7.89. The van der Waals surface area contributed by atoms with Gasteiger partial charge in [0.05, 0.1) is 13.2 Å². The molecule has 66 valence electrons. The Morgan fingerprint density at radius 3 is 1.82 bits per heavy atom. The van der Waals surface area contributed by atoms with Crippen LogP contribution in [0.5, 0.6) is 0 Å². The Balaban J connectivity index is 4.27. The van der Waals surface area contributed by atoms with Crippen molar-refractivity contribution in [3.63, 3.8) is 0 Å². The molecule has 0 aliphatic carbocycles. The van der Waals surface area contributed by atoms with Gasteiger partial charge in [-0.05, 0) is 13.8 Å². The molecule has 11 heavy (non-hydrogen) atoms. The van der Waals surface area contributed by atoms with Crippen LogP contribution in [0, 0.1) is 0 Å². The second-order valence-electron chi connectivity index (χ2n) is 1.85. The van der Waals surface area contributed by atoms with E-state index >= 15 is 0 Å². The molecule has 0 aliphatic rings. The predicted molar refractivity (Wildman–Crippen MR) is 41.5 cm³/mol. The second-order valence-corrected chi connectivity index (χ2v) is 3.99. The van der Waals surface area contributed by atoms with Gasteiger partial charge in [-0.3, -0.25) is 9.36 Å². The Labute approximate surface area is 66.4 Å². The minimum atomic E-state index is -3.43. The number of hydrogen-bond donors (Lipinski definition) is 0. The molecule has 5 heteroatoms. The van der Waals surface area contributed by atoms with Crippen molar-refractivity contribution >= 4 is 13.1 Å². The zero-order valence-electron chi connectivity index (χ0n) is 6.99. The van der Waals surface area contributed by atoms with E-state index in [0.29, 0.717) is 0 Å². The number of carbonyl (C=O) groups is 1. The van der Waals surface area contributed by atoms with Crippen LogP contribution in [0.2, 0.25) is 0 Å². The molecule has 0 aliphatic heterocycles. The second kappa shape index (κ2) is 4.65. The van der Waals surface area contributed by atoms with Crippen LogP contribution >= 0.6 is 7.60 Å². The molecule has 0 fully saturated rings. The fourth-order valence-corrected chi connectivity index (χ4v) is 1.68. The highest BCUT2D eigenvalue weighted by molar-refractivity contribution is 7.71. The summed E-state index contributed by atoms with van der Waals surface area (Å²) in [5, 5.41) is 0. The first-order chi connectivity index (χ1) is 5.06. The van der Waals surface area contributed by atoms with Crippen molar-refractivity contribution in [3.8, 4) is 0 Å². The van der Waals surface area contributed by atoms with Gasteiger partial charge >= 0.3 is 7.60 Å². The van der Waals surface area contributed by atoms with Gasteiger partial charge in [0.15, 0.2) is 0 Å². The first-order valence-corrected chi connectivity index (χ1v) is 5.01. The fraction of sp³-hybridized carbons (Fsp3) is 0.833. The molecule has 0 aromatic rings. The van der Waals surface area contributed by atoms with Crippen molar-refractivity contribution in [1.29, 1.82) is 0 Å². The summed E-state index contributed by atoms with van der Waals surface area (Å²) in [6.07, 6.45) is 0. The van der Waals surface area contributed by atoms with Gasteiger partial charge < -0.3 is 9.05 Å². The molecule has 0 N–H and O–H groups in total. The average molecular weight is 180 g/mol. The first kappa shape index (κ1) is 10.8. The third-order valence-electron chi connectivity index (χ3n) is 0.984. The van der Waals surface area contributed by atoms with Gasteiger partial charge in [0.1, 0.15) is 0 Å². The summed E-state index contributed by atoms with van der Waals surface area (Å²) in [7, 11) is -3.43. The van der Waals surface area contributed by atoms with Crippen LogP contribution in [-0.4, -0.2) is 18.7 Å². The lowest BCUT2D eigenvalue weighted by atomic mass is 10.9. The molecule has 0 atom stereocenters. The van der Waals surface area contributed by atoms with Gasteiger partial charge in [0.25, 0.3) is 0 Å². The summed E-state index contributed by atoms with van der Waals surface area (Å²) in [6, 6.07) is 0. The molecule has 0 bridgehead atoms. The molecule has 0 spiro atoms. The minimum absolute atomic E-state index is 0.219. The van der Waals surface area contributed by atoms with Crippen LogP contribution in [-0.2, 0) is 18.4 Å². The van der Waals surface area contributed by atoms with Crippen LogP contribution in [0.4, 0.5) is 0 Å². The van der Waals surface area contributed by atoms with Crippen molar-refractivity contribution in [3.05, 3.63) is 0 Å². The summed E-state index contributed by atoms with van der Waals surface area (Å²) in [5.41, 5.74) is -0.541. The molecule has 0 saturated heterocycles. The van der Waals surface area contributed by atoms with Gasteiger partial charge in [-0.15, -0.1) is 0 Å². The highest BCUT2D eigenvalue weighted by atomic mass is 31.2. The Hall–Kier alpha value is -0.180. The Morgan fingerprint density at radius 2 is 1.64 bits per heavy atom. The zero-order chi connectivity index (χ0) is 8.91. The maximum Gasteiger partial charge on any atom is 0.396 e. The highest BCUT2D eigenvalue weighted by Gasteiger charge is 2.29. The van der Waals surface area contributed by atoms with Crippen molar-refractivity contribution in [2.75, 3.05) is 13.2 Å². The standard InChI is InChI=1S/C6H13O4P/c1-4-9-11(8,6(3)7)10-5-2/h4-5H2,1-3H3. The summed E-state index contributed by atoms with van der Waals surface area (Å²) >= 11 is 0. The van der Waals surface area contributed by atoms with E-state index in [2.05, 4.69) is 0 Å². The maximum atomic E-state index is 11.3. The summed E-state index contributed by atoms with van der Waals surface area (Å²) < 4.78 is 20.7. The molecule has 0 aromatic carbocycles. The number of rotatable bonds is 5. The fourth-order valence-electron chi connectivity index (χ4n) is 0.559. The largest absolute Gasteiger partial charge is 0.396 e. The first-order valence-electron chi connectivity index (χ1n) is 3.47. The third-order valence-corrected chi connectivity index (χ3v) is 2.95. The SMILES string of the molecule is CCOP(=O)(OCC)C(C)=O. The van der Waals surface area contributed by atoms with Crippen LogP contribution in [0.15, 0.2) is 0 Å². The van der Waals surface area contributed by atoms with E-state index in [1.54, 1.807) is 13.8 Å². The van der Waals surface area contributed by atoms with Crippen molar-refractivity contribution in [1.82, 2.24) is 0 Å². The highest BCUT2D eigenvalue weighted by Crippen LogP contribution is 2.48. The van der Waals surface area contributed by atoms with Gasteiger partial charge in [-0.25, -0.2) is 0 Å². The van der Waals surface area contributed by atoms with E-state index in [4.69, 9.17) is 9.05 Å². The normalized spacial score (nSPS) is 11.5. The van der Waals surface area contributed by atoms with Crippen LogP contribution in [0.1, 0.15) is 20.8 Å². The van der Waals surface area contributed by atoms with Gasteiger partial charge in [-0.1, -0.05) is 0 Å². The van der Waals surface area contributed by atoms with Gasteiger partial charge in [-0.2, -0.15) is 0 Å². The van der Waals surface area contributed by atoms with Crippen molar-refractivity contribution < 1.29 is 18.4 Å². The van der Waals surface area contributed by atoms with Crippen molar-refractivity contribution in [2.24, 2.45) is 0 Å². The lowest BCUT2D eigenvalue weighted by Crippen LogP contribution is -2.02. The molecule has 0 radical (unpaired) electrons. The molecule has 0 saturated carbocycles. The molecular weight excluding hydrogens is 167 g/mol. The van der Waals surface area contributed by atoms with E-state index in [-0.39, 0.29) is 13.2 Å². The Bertz CT molecular complexity index is 167. The maximum absolute atomic E-state index is 11.3. The van der Waals surface area contributed by atoms with E-state index in [1.165, 1.54) is 6.92 Å². The summed E-state index contributed by atoms with van der Waals surface area (Å²) in [5.74, 6) is 0. The van der Waals surface area contributed by atoms with Crippen LogP contribution in [0.25, 0.3) is 0 Å². The monoisotopic (exact) mass is 180 g/mol.